The number of hydrogen-bond acceptors (Lipinski definition) is 9. The molecule has 3 rings (SSSR count). The molecule has 1 saturated heterocycles. The molecule has 1 atom stereocenters. The summed E-state index contributed by atoms with van der Waals surface area (Å²) in [4.78, 5) is 25.0. The van der Waals surface area contributed by atoms with Crippen LogP contribution in [-0.4, -0.2) is 75.9 Å². The number of ether oxygens (including phenoxy) is 1. The maximum Gasteiger partial charge on any atom is 0.313 e. The molecule has 31 heavy (non-hydrogen) atoms. The normalized spacial score (nSPS) is 16.9. The number of morpholine rings is 1. The third-order valence-electron chi connectivity index (χ3n) is 4.17. The maximum absolute atomic E-state index is 12.2. The molecule has 8 nitrogen and oxygen atoms in total. The number of thioether (sulfide) groups is 2. The minimum Gasteiger partial charge on any atom is -0.481 e. The second kappa shape index (κ2) is 12.2. The number of aromatic nitrogens is 2. The summed E-state index contributed by atoms with van der Waals surface area (Å²) in [5.41, 5.74) is 1.08. The molecule has 2 heterocycles. The van der Waals surface area contributed by atoms with Crippen LogP contribution in [0.4, 0.5) is 0 Å². The molecule has 0 spiro atoms. The Morgan fingerprint density at radius 1 is 1.23 bits per heavy atom. The fourth-order valence-electron chi connectivity index (χ4n) is 2.79. The zero-order valence-electron chi connectivity index (χ0n) is 16.3. The molecule has 1 aromatic carbocycles. The number of halogens is 2. The molecule has 1 fully saturated rings. The molecule has 0 aliphatic carbocycles. The SMILES string of the molecule is O=C(O)CSc1nnc(SCC(=O)NC[C@H]2CN(Cc3ccc(Cl)c(Cl)c3)CCO2)s1. The van der Waals surface area contributed by atoms with Gasteiger partial charge in [0.2, 0.25) is 5.91 Å². The van der Waals surface area contributed by atoms with Crippen LogP contribution in [0.15, 0.2) is 26.9 Å². The Morgan fingerprint density at radius 3 is 2.68 bits per heavy atom. The maximum atomic E-state index is 12.2. The second-order valence-corrected chi connectivity index (χ2v) is 10.8. The van der Waals surface area contributed by atoms with Crippen molar-refractivity contribution in [1.82, 2.24) is 20.4 Å². The van der Waals surface area contributed by atoms with Gasteiger partial charge in [0.1, 0.15) is 0 Å². The molecule has 1 aliphatic heterocycles. The van der Waals surface area contributed by atoms with Crippen molar-refractivity contribution in [2.75, 3.05) is 37.7 Å². The molecule has 0 bridgehead atoms. The van der Waals surface area contributed by atoms with E-state index in [0.29, 0.717) is 38.4 Å². The molecule has 1 amide bonds. The van der Waals surface area contributed by atoms with Crippen molar-refractivity contribution in [2.45, 2.75) is 21.3 Å². The third-order valence-corrected chi connectivity index (χ3v) is 8.09. The summed E-state index contributed by atoms with van der Waals surface area (Å²) in [6, 6.07) is 5.62. The number of carboxylic acid groups (broad SMARTS) is 1. The number of amides is 1. The topological polar surface area (TPSA) is 105 Å². The highest BCUT2D eigenvalue weighted by Crippen LogP contribution is 2.28. The van der Waals surface area contributed by atoms with E-state index in [2.05, 4.69) is 20.4 Å². The quantitative estimate of drug-likeness (QED) is 0.455. The van der Waals surface area contributed by atoms with Gasteiger partial charge >= 0.3 is 5.97 Å². The smallest absolute Gasteiger partial charge is 0.313 e. The van der Waals surface area contributed by atoms with Crippen LogP contribution in [0, 0.1) is 0 Å². The molecule has 1 aromatic heterocycles. The highest BCUT2D eigenvalue weighted by atomic mass is 35.5. The Balaban J connectivity index is 1.37. The number of nitrogens with one attached hydrogen (secondary N) is 1. The van der Waals surface area contributed by atoms with Crippen molar-refractivity contribution in [2.24, 2.45) is 0 Å². The van der Waals surface area contributed by atoms with Gasteiger partial charge in [0, 0.05) is 26.2 Å². The van der Waals surface area contributed by atoms with E-state index in [0.717, 1.165) is 30.4 Å². The van der Waals surface area contributed by atoms with Crippen LogP contribution in [0.1, 0.15) is 5.56 Å². The molecule has 13 heteroatoms. The molecular formula is C18H20Cl2N4O4S3. The number of carboxylic acids is 1. The van der Waals surface area contributed by atoms with Crippen molar-refractivity contribution in [1.29, 1.82) is 0 Å². The van der Waals surface area contributed by atoms with Gasteiger partial charge in [-0.05, 0) is 17.7 Å². The predicted molar refractivity (Wildman–Crippen MR) is 123 cm³/mol. The first-order valence-electron chi connectivity index (χ1n) is 9.24. The molecule has 0 radical (unpaired) electrons. The van der Waals surface area contributed by atoms with E-state index in [-0.39, 0.29) is 23.5 Å². The number of carbonyl (C=O) groups is 2. The Morgan fingerprint density at radius 2 is 1.97 bits per heavy atom. The van der Waals surface area contributed by atoms with Crippen molar-refractivity contribution >= 4 is 69.9 Å². The molecule has 2 aromatic rings. The van der Waals surface area contributed by atoms with E-state index in [1.807, 2.05) is 12.1 Å². The van der Waals surface area contributed by atoms with Gasteiger partial charge in [0.15, 0.2) is 8.68 Å². The van der Waals surface area contributed by atoms with E-state index in [9.17, 15) is 9.59 Å². The van der Waals surface area contributed by atoms with Crippen molar-refractivity contribution < 1.29 is 19.4 Å². The third kappa shape index (κ3) is 8.41. The van der Waals surface area contributed by atoms with E-state index < -0.39 is 5.97 Å². The van der Waals surface area contributed by atoms with Crippen LogP contribution in [0.5, 0.6) is 0 Å². The lowest BCUT2D eigenvalue weighted by molar-refractivity contribution is -0.133. The molecule has 0 unspecified atom stereocenters. The summed E-state index contributed by atoms with van der Waals surface area (Å²) >= 11 is 15.7. The second-order valence-electron chi connectivity index (χ2n) is 6.59. The fraction of sp³-hybridized carbons (Fsp3) is 0.444. The summed E-state index contributed by atoms with van der Waals surface area (Å²) in [6.07, 6.45) is -0.0916. The van der Waals surface area contributed by atoms with Crippen LogP contribution in [0.25, 0.3) is 0 Å². The number of carbonyl (C=O) groups excluding carboxylic acids is 1. The van der Waals surface area contributed by atoms with Crippen LogP contribution < -0.4 is 5.32 Å². The molecule has 2 N–H and O–H groups in total. The summed E-state index contributed by atoms with van der Waals surface area (Å²) < 4.78 is 6.97. The average Bonchev–Trinajstić information content (AvgIpc) is 3.20. The summed E-state index contributed by atoms with van der Waals surface area (Å²) in [7, 11) is 0. The van der Waals surface area contributed by atoms with E-state index >= 15 is 0 Å². The molecule has 0 saturated carbocycles. The van der Waals surface area contributed by atoms with Gasteiger partial charge in [-0.2, -0.15) is 0 Å². The van der Waals surface area contributed by atoms with Gasteiger partial charge in [-0.1, -0.05) is 64.1 Å². The van der Waals surface area contributed by atoms with E-state index in [1.54, 1.807) is 6.07 Å². The average molecular weight is 523 g/mol. The Hall–Kier alpha value is -1.08. The van der Waals surface area contributed by atoms with Crippen molar-refractivity contribution in [3.05, 3.63) is 33.8 Å². The van der Waals surface area contributed by atoms with Crippen LogP contribution in [0.2, 0.25) is 10.0 Å². The fourth-order valence-corrected chi connectivity index (χ4v) is 5.68. The van der Waals surface area contributed by atoms with E-state index in [4.69, 9.17) is 33.0 Å². The van der Waals surface area contributed by atoms with Crippen LogP contribution in [-0.2, 0) is 20.9 Å². The lowest BCUT2D eigenvalue weighted by Gasteiger charge is -2.33. The predicted octanol–water partition coefficient (Wildman–Crippen LogP) is 3.13. The lowest BCUT2D eigenvalue weighted by atomic mass is 10.2. The highest BCUT2D eigenvalue weighted by Gasteiger charge is 2.21. The monoisotopic (exact) mass is 522 g/mol. The first-order valence-corrected chi connectivity index (χ1v) is 12.8. The summed E-state index contributed by atoms with van der Waals surface area (Å²) in [6.45, 7) is 3.26. The van der Waals surface area contributed by atoms with Crippen molar-refractivity contribution in [3.8, 4) is 0 Å². The Labute approximate surface area is 202 Å². The van der Waals surface area contributed by atoms with Gasteiger partial charge in [0.05, 0.1) is 34.3 Å². The van der Waals surface area contributed by atoms with Gasteiger partial charge in [0.25, 0.3) is 0 Å². The minimum absolute atomic E-state index is 0.0662. The molecular weight excluding hydrogens is 503 g/mol. The number of hydrogen-bond donors (Lipinski definition) is 2. The largest absolute Gasteiger partial charge is 0.481 e. The molecule has 168 valence electrons. The van der Waals surface area contributed by atoms with E-state index in [1.165, 1.54) is 23.1 Å². The lowest BCUT2D eigenvalue weighted by Crippen LogP contribution is -2.47. The zero-order valence-corrected chi connectivity index (χ0v) is 20.2. The molecule has 1 aliphatic rings. The summed E-state index contributed by atoms with van der Waals surface area (Å²) in [5.74, 6) is -0.888. The van der Waals surface area contributed by atoms with Gasteiger partial charge in [-0.25, -0.2) is 0 Å². The van der Waals surface area contributed by atoms with Crippen LogP contribution in [0.3, 0.4) is 0 Å². The summed E-state index contributed by atoms with van der Waals surface area (Å²) in [5, 5.41) is 20.5. The Kier molecular flexibility index (Phi) is 9.70. The first-order chi connectivity index (χ1) is 14.9. The van der Waals surface area contributed by atoms with Gasteiger partial charge < -0.3 is 15.2 Å². The van der Waals surface area contributed by atoms with Gasteiger partial charge in [-0.3, -0.25) is 14.5 Å². The Bertz CT molecular complexity index is 918. The number of rotatable bonds is 10. The zero-order chi connectivity index (χ0) is 22.2. The van der Waals surface area contributed by atoms with Crippen molar-refractivity contribution in [3.63, 3.8) is 0 Å². The standard InChI is InChI=1S/C18H20Cl2N4O4S3/c19-13-2-1-11(5-14(13)20)7-24-3-4-28-12(8-24)6-21-15(25)9-29-17-22-23-18(31-17)30-10-16(26)27/h1-2,5,12H,3-4,6-10H2,(H,21,25)(H,26,27)/t12-/m0/s1. The highest BCUT2D eigenvalue weighted by molar-refractivity contribution is 8.03. The van der Waals surface area contributed by atoms with Crippen LogP contribution >= 0.6 is 58.1 Å². The minimum atomic E-state index is -0.908. The number of aliphatic carboxylic acids is 1. The van der Waals surface area contributed by atoms with Gasteiger partial charge in [-0.15, -0.1) is 10.2 Å². The number of nitrogens with zero attached hydrogens (tertiary/aromatic N) is 3. The number of benzene rings is 1. The first kappa shape index (κ1) is 24.6.